The van der Waals surface area contributed by atoms with Gasteiger partial charge in [-0.15, -0.1) is 0 Å². The molecule has 16 heavy (non-hydrogen) atoms. The second-order valence-corrected chi connectivity index (χ2v) is 5.11. The van der Waals surface area contributed by atoms with Gasteiger partial charge in [0.25, 0.3) is 0 Å². The number of hydrogen-bond donors (Lipinski definition) is 1. The van der Waals surface area contributed by atoms with Crippen LogP contribution in [-0.4, -0.2) is 16.7 Å². The van der Waals surface area contributed by atoms with Crippen LogP contribution in [0.3, 0.4) is 0 Å². The van der Waals surface area contributed by atoms with Gasteiger partial charge in [-0.1, -0.05) is 37.7 Å². The summed E-state index contributed by atoms with van der Waals surface area (Å²) in [6.45, 7) is 11.4. The van der Waals surface area contributed by atoms with Crippen LogP contribution in [0.15, 0.2) is 29.5 Å². The number of oxime groups is 1. The zero-order chi connectivity index (χ0) is 12.5. The quantitative estimate of drug-likeness (QED) is 0.443. The van der Waals surface area contributed by atoms with Gasteiger partial charge >= 0.3 is 0 Å². The number of rotatable bonds is 2. The Labute approximate surface area is 96.5 Å². The van der Waals surface area contributed by atoms with E-state index in [1.165, 1.54) is 0 Å². The third-order valence-corrected chi connectivity index (χ3v) is 2.98. The van der Waals surface area contributed by atoms with Crippen LogP contribution < -0.4 is 0 Å². The van der Waals surface area contributed by atoms with E-state index in [9.17, 15) is 4.79 Å². The first kappa shape index (κ1) is 12.7. The first-order valence-corrected chi connectivity index (χ1v) is 5.45. The summed E-state index contributed by atoms with van der Waals surface area (Å²) < 4.78 is 0. The second-order valence-electron chi connectivity index (χ2n) is 5.11. The number of allylic oxidation sites excluding steroid dienone is 3. The van der Waals surface area contributed by atoms with Crippen molar-refractivity contribution in [1.29, 1.82) is 0 Å². The molecule has 1 aliphatic rings. The normalized spacial score (nSPS) is 25.3. The lowest BCUT2D eigenvalue weighted by molar-refractivity contribution is -0.126. The van der Waals surface area contributed by atoms with Gasteiger partial charge in [0.2, 0.25) is 0 Å². The molecule has 0 amide bonds. The zero-order valence-corrected chi connectivity index (χ0v) is 10.3. The van der Waals surface area contributed by atoms with Crippen molar-refractivity contribution < 1.29 is 10.0 Å². The molecule has 0 aromatic rings. The molecule has 88 valence electrons. The Morgan fingerprint density at radius 3 is 2.56 bits per heavy atom. The average Bonchev–Trinajstić information content (AvgIpc) is 2.19. The Hall–Kier alpha value is -1.38. The fraction of sp³-hybridized carbons (Fsp3) is 0.538. The van der Waals surface area contributed by atoms with Crippen molar-refractivity contribution in [2.24, 2.45) is 22.4 Å². The van der Waals surface area contributed by atoms with Crippen LogP contribution in [-0.2, 0) is 4.79 Å². The van der Waals surface area contributed by atoms with Gasteiger partial charge < -0.3 is 5.21 Å². The van der Waals surface area contributed by atoms with Gasteiger partial charge in [-0.25, -0.2) is 0 Å². The molecule has 0 saturated heterocycles. The molecule has 0 aromatic carbocycles. The van der Waals surface area contributed by atoms with Crippen LogP contribution in [0.2, 0.25) is 0 Å². The average molecular weight is 221 g/mol. The summed E-state index contributed by atoms with van der Waals surface area (Å²) >= 11 is 0. The minimum Gasteiger partial charge on any atom is -0.411 e. The van der Waals surface area contributed by atoms with E-state index in [2.05, 4.69) is 11.7 Å². The molecule has 0 aromatic heterocycles. The molecule has 1 N–H and O–H groups in total. The van der Waals surface area contributed by atoms with Gasteiger partial charge in [0.1, 0.15) is 0 Å². The Kier molecular flexibility index (Phi) is 3.36. The maximum Gasteiger partial charge on any atom is 0.155 e. The summed E-state index contributed by atoms with van der Waals surface area (Å²) in [5.41, 5.74) is 0.676. The predicted octanol–water partition coefficient (Wildman–Crippen LogP) is 2.81. The number of carbonyl (C=O) groups is 1. The van der Waals surface area contributed by atoms with Crippen molar-refractivity contribution in [3.8, 4) is 0 Å². The maximum atomic E-state index is 12.3. The molecule has 1 aliphatic carbocycles. The Morgan fingerprint density at radius 1 is 1.56 bits per heavy atom. The van der Waals surface area contributed by atoms with Gasteiger partial charge in [0, 0.05) is 5.41 Å². The van der Waals surface area contributed by atoms with Crippen molar-refractivity contribution >= 4 is 11.5 Å². The topological polar surface area (TPSA) is 49.7 Å². The molecule has 3 heteroatoms. The minimum absolute atomic E-state index is 0.0259. The van der Waals surface area contributed by atoms with E-state index in [1.807, 2.05) is 39.8 Å². The van der Waals surface area contributed by atoms with Gasteiger partial charge in [0.05, 0.1) is 11.6 Å². The minimum atomic E-state index is -0.517. The molecule has 0 saturated carbocycles. The van der Waals surface area contributed by atoms with Gasteiger partial charge in [0.15, 0.2) is 5.78 Å². The molecule has 3 nitrogen and oxygen atoms in total. The smallest absolute Gasteiger partial charge is 0.155 e. The zero-order valence-electron chi connectivity index (χ0n) is 10.3. The highest BCUT2D eigenvalue weighted by molar-refractivity contribution is 6.11. The molecule has 0 heterocycles. The fourth-order valence-electron chi connectivity index (χ4n) is 1.86. The lowest BCUT2D eigenvalue weighted by Crippen LogP contribution is -2.39. The van der Waals surface area contributed by atoms with Gasteiger partial charge in [-0.2, -0.15) is 0 Å². The number of hydrogen-bond acceptors (Lipinski definition) is 3. The lowest BCUT2D eigenvalue weighted by atomic mass is 9.70. The Bertz CT molecular complexity index is 375. The first-order valence-electron chi connectivity index (χ1n) is 5.45. The number of nitrogens with zero attached hydrogens (tertiary/aromatic N) is 1. The number of Topliss-reactive ketones (excluding diaryl/α,β-unsaturated/α-hetero) is 1. The Morgan fingerprint density at radius 2 is 2.12 bits per heavy atom. The van der Waals surface area contributed by atoms with Crippen molar-refractivity contribution in [2.45, 2.75) is 27.7 Å². The maximum absolute atomic E-state index is 12.3. The molecular formula is C13H19NO2. The summed E-state index contributed by atoms with van der Waals surface area (Å²) in [7, 11) is 0. The summed E-state index contributed by atoms with van der Waals surface area (Å²) in [6.07, 6.45) is 3.70. The summed E-state index contributed by atoms with van der Waals surface area (Å²) in [6, 6.07) is 0. The number of carbonyl (C=O) groups excluding carboxylic acids is 1. The van der Waals surface area contributed by atoms with Crippen molar-refractivity contribution in [2.75, 3.05) is 0 Å². The fourth-order valence-corrected chi connectivity index (χ4v) is 1.86. The Balaban J connectivity index is 3.19. The van der Waals surface area contributed by atoms with Crippen LogP contribution in [0.4, 0.5) is 0 Å². The largest absolute Gasteiger partial charge is 0.411 e. The van der Waals surface area contributed by atoms with E-state index in [-0.39, 0.29) is 11.7 Å². The van der Waals surface area contributed by atoms with Crippen molar-refractivity contribution in [1.82, 2.24) is 0 Å². The molecule has 0 bridgehead atoms. The third kappa shape index (κ3) is 2.08. The van der Waals surface area contributed by atoms with Crippen LogP contribution in [0.25, 0.3) is 0 Å². The van der Waals surface area contributed by atoms with Gasteiger partial charge in [-0.3, -0.25) is 4.79 Å². The van der Waals surface area contributed by atoms with E-state index in [4.69, 9.17) is 5.21 Å². The highest BCUT2D eigenvalue weighted by Crippen LogP contribution is 2.34. The van der Waals surface area contributed by atoms with Crippen molar-refractivity contribution in [3.63, 3.8) is 0 Å². The molecular weight excluding hydrogens is 202 g/mol. The van der Waals surface area contributed by atoms with Crippen LogP contribution >= 0.6 is 0 Å². The van der Waals surface area contributed by atoms with Crippen LogP contribution in [0, 0.1) is 17.3 Å². The summed E-state index contributed by atoms with van der Waals surface area (Å²) in [4.78, 5) is 12.3. The molecule has 1 unspecified atom stereocenters. The molecule has 0 spiro atoms. The number of ketones is 1. The molecule has 1 atom stereocenters. The highest BCUT2D eigenvalue weighted by atomic mass is 16.4. The monoisotopic (exact) mass is 221 g/mol. The third-order valence-electron chi connectivity index (χ3n) is 2.98. The molecule has 0 radical (unpaired) electrons. The molecule has 0 aliphatic heterocycles. The lowest BCUT2D eigenvalue weighted by Gasteiger charge is -2.31. The van der Waals surface area contributed by atoms with Crippen LogP contribution in [0.1, 0.15) is 27.7 Å². The van der Waals surface area contributed by atoms with E-state index < -0.39 is 11.3 Å². The first-order chi connectivity index (χ1) is 7.31. The standard InChI is InChI=1S/C13H19NO2/c1-8(2)11(14-16)10-9(3)6-7-13(4,5)12(10)15/h6-8,10,16H,3H2,1-2,4-5H3/b14-11-. The van der Waals surface area contributed by atoms with Crippen LogP contribution in [0.5, 0.6) is 0 Å². The van der Waals surface area contributed by atoms with E-state index in [0.717, 1.165) is 0 Å². The van der Waals surface area contributed by atoms with E-state index in [0.29, 0.717) is 11.3 Å². The summed E-state index contributed by atoms with van der Waals surface area (Å²) in [5, 5.41) is 12.3. The van der Waals surface area contributed by atoms with Crippen molar-refractivity contribution in [3.05, 3.63) is 24.3 Å². The van der Waals surface area contributed by atoms with Gasteiger partial charge in [-0.05, 0) is 25.3 Å². The second kappa shape index (κ2) is 4.24. The predicted molar refractivity (Wildman–Crippen MR) is 64.6 cm³/mol. The SMILES string of the molecule is C=C1C=CC(C)(C)C(=O)C1/C(=N\O)C(C)C. The molecule has 0 fully saturated rings. The van der Waals surface area contributed by atoms with E-state index >= 15 is 0 Å². The summed E-state index contributed by atoms with van der Waals surface area (Å²) in [5.74, 6) is -0.413. The van der Waals surface area contributed by atoms with E-state index in [1.54, 1.807) is 0 Å². The highest BCUT2D eigenvalue weighted by Gasteiger charge is 2.39. The molecule has 1 rings (SSSR count).